The molecule has 4 aromatic rings. The fourth-order valence-electron chi connectivity index (χ4n) is 3.49. The molecule has 0 fully saturated rings. The number of hydrogen-bond acceptors (Lipinski definition) is 9. The molecule has 3 heterocycles. The molecular formula is C23H23N5O4S2. The lowest BCUT2D eigenvalue weighted by atomic mass is 10.1. The molecule has 34 heavy (non-hydrogen) atoms. The summed E-state index contributed by atoms with van der Waals surface area (Å²) in [4.78, 5) is 44.1. The Balaban J connectivity index is 1.59. The normalized spacial score (nSPS) is 12.0. The molecule has 0 aliphatic rings. The Bertz CT molecular complexity index is 1390. The highest BCUT2D eigenvalue weighted by Crippen LogP contribution is 2.28. The van der Waals surface area contributed by atoms with E-state index in [4.69, 9.17) is 4.74 Å². The molecule has 0 radical (unpaired) electrons. The summed E-state index contributed by atoms with van der Waals surface area (Å²) in [6.45, 7) is 5.59. The molecule has 1 amide bonds. The van der Waals surface area contributed by atoms with Gasteiger partial charge in [0.2, 0.25) is 11.0 Å². The average Bonchev–Trinajstić information content (AvgIpc) is 3.44. The van der Waals surface area contributed by atoms with Gasteiger partial charge in [0.25, 0.3) is 5.56 Å². The number of carbonyl (C=O) groups excluding carboxylic acids is 2. The second-order valence-corrected chi connectivity index (χ2v) is 9.58. The Labute approximate surface area is 203 Å². The van der Waals surface area contributed by atoms with Crippen molar-refractivity contribution in [1.29, 1.82) is 0 Å². The summed E-state index contributed by atoms with van der Waals surface area (Å²) < 4.78 is 6.74. The van der Waals surface area contributed by atoms with Crippen LogP contribution in [0.1, 0.15) is 52.1 Å². The van der Waals surface area contributed by atoms with E-state index in [0.717, 1.165) is 28.3 Å². The fraction of sp³-hybridized carbons (Fsp3) is 0.304. The Morgan fingerprint density at radius 2 is 1.91 bits per heavy atom. The van der Waals surface area contributed by atoms with Crippen LogP contribution in [0.4, 0.5) is 5.13 Å². The topological polar surface area (TPSA) is 116 Å². The number of fused-ring (bicyclic) bond motifs is 1. The van der Waals surface area contributed by atoms with Gasteiger partial charge in [0.15, 0.2) is 0 Å². The molecule has 11 heteroatoms. The van der Waals surface area contributed by atoms with Crippen LogP contribution in [0.5, 0.6) is 0 Å². The van der Waals surface area contributed by atoms with Gasteiger partial charge in [-0.15, -0.1) is 21.5 Å². The molecule has 1 unspecified atom stereocenters. The number of esters is 1. The molecule has 9 nitrogen and oxygen atoms in total. The zero-order chi connectivity index (χ0) is 24.2. The SMILES string of the molecule is CCc1nnc(NC(=O)C(CC)n2cnc3sc(C(=O)OCc4ccccc4)c(C)c3c2=O)s1. The first kappa shape index (κ1) is 23.7. The number of amides is 1. The standard InChI is InChI=1S/C23H23N5O4S2/c1-4-15(19(29)25-23-27-26-16(5-2)33-23)28-12-24-20-17(21(28)30)13(3)18(34-20)22(31)32-11-14-9-7-6-8-10-14/h6-10,12,15H,4-5,11H2,1-3H3,(H,25,27,29). The maximum atomic E-state index is 13.3. The summed E-state index contributed by atoms with van der Waals surface area (Å²) in [7, 11) is 0. The van der Waals surface area contributed by atoms with E-state index in [1.807, 2.05) is 44.2 Å². The quantitative estimate of drug-likeness (QED) is 0.364. The third kappa shape index (κ3) is 4.75. The van der Waals surface area contributed by atoms with E-state index < -0.39 is 12.0 Å². The molecule has 0 aliphatic carbocycles. The van der Waals surface area contributed by atoms with Crippen molar-refractivity contribution in [2.45, 2.75) is 46.3 Å². The number of carbonyl (C=O) groups is 2. The van der Waals surface area contributed by atoms with Gasteiger partial charge in [-0.2, -0.15) is 0 Å². The highest BCUT2D eigenvalue weighted by atomic mass is 32.1. The minimum absolute atomic E-state index is 0.133. The van der Waals surface area contributed by atoms with Gasteiger partial charge < -0.3 is 4.74 Å². The molecule has 1 N–H and O–H groups in total. The monoisotopic (exact) mass is 497 g/mol. The lowest BCUT2D eigenvalue weighted by Gasteiger charge is -2.16. The summed E-state index contributed by atoms with van der Waals surface area (Å²) in [5, 5.41) is 12.2. The number of ether oxygens (including phenoxy) is 1. The molecule has 4 rings (SSSR count). The number of benzene rings is 1. The van der Waals surface area contributed by atoms with Crippen molar-refractivity contribution in [3.63, 3.8) is 0 Å². The van der Waals surface area contributed by atoms with E-state index in [9.17, 15) is 14.4 Å². The van der Waals surface area contributed by atoms with Crippen LogP contribution < -0.4 is 10.9 Å². The Morgan fingerprint density at radius 3 is 2.59 bits per heavy atom. The van der Waals surface area contributed by atoms with Gasteiger partial charge in [-0.05, 0) is 30.9 Å². The number of hydrogen-bond donors (Lipinski definition) is 1. The summed E-state index contributed by atoms with van der Waals surface area (Å²) in [5.41, 5.74) is 0.986. The summed E-state index contributed by atoms with van der Waals surface area (Å²) >= 11 is 2.41. The Hall–Kier alpha value is -3.44. The van der Waals surface area contributed by atoms with E-state index in [1.165, 1.54) is 22.2 Å². The third-order valence-electron chi connectivity index (χ3n) is 5.30. The molecule has 1 aromatic carbocycles. The smallest absolute Gasteiger partial charge is 0.349 e. The van der Waals surface area contributed by atoms with Crippen LogP contribution in [0, 0.1) is 6.92 Å². The van der Waals surface area contributed by atoms with E-state index in [-0.39, 0.29) is 18.1 Å². The molecule has 0 bridgehead atoms. The van der Waals surface area contributed by atoms with E-state index >= 15 is 0 Å². The predicted octanol–water partition coefficient (Wildman–Crippen LogP) is 4.13. The van der Waals surface area contributed by atoms with Gasteiger partial charge >= 0.3 is 5.97 Å². The van der Waals surface area contributed by atoms with Gasteiger partial charge in [0.05, 0.1) is 11.7 Å². The molecule has 0 aliphatic heterocycles. The van der Waals surface area contributed by atoms with E-state index in [2.05, 4.69) is 20.5 Å². The molecule has 0 saturated carbocycles. The highest BCUT2D eigenvalue weighted by Gasteiger charge is 2.25. The minimum atomic E-state index is -0.786. The highest BCUT2D eigenvalue weighted by molar-refractivity contribution is 7.20. The number of rotatable bonds is 8. The van der Waals surface area contributed by atoms with E-state index in [0.29, 0.717) is 32.2 Å². The summed E-state index contributed by atoms with van der Waals surface area (Å²) in [6, 6.07) is 8.57. The van der Waals surface area contributed by atoms with Crippen LogP contribution in [0.15, 0.2) is 41.5 Å². The number of thiophene rings is 1. The first-order valence-corrected chi connectivity index (χ1v) is 12.4. The van der Waals surface area contributed by atoms with Crippen LogP contribution >= 0.6 is 22.7 Å². The van der Waals surface area contributed by atoms with Crippen molar-refractivity contribution >= 4 is 49.9 Å². The zero-order valence-electron chi connectivity index (χ0n) is 18.9. The van der Waals surface area contributed by atoms with Crippen molar-refractivity contribution in [3.8, 4) is 0 Å². The number of nitrogens with zero attached hydrogens (tertiary/aromatic N) is 4. The fourth-order valence-corrected chi connectivity index (χ4v) is 5.20. The third-order valence-corrected chi connectivity index (χ3v) is 7.46. The maximum absolute atomic E-state index is 13.3. The summed E-state index contributed by atoms with van der Waals surface area (Å²) in [5.74, 6) is -0.886. The van der Waals surface area contributed by atoms with Crippen LogP contribution in [-0.4, -0.2) is 31.6 Å². The minimum Gasteiger partial charge on any atom is -0.457 e. The van der Waals surface area contributed by atoms with Crippen molar-refractivity contribution < 1.29 is 14.3 Å². The van der Waals surface area contributed by atoms with Crippen molar-refractivity contribution in [2.75, 3.05) is 5.32 Å². The lowest BCUT2D eigenvalue weighted by Crippen LogP contribution is -2.33. The van der Waals surface area contributed by atoms with Gasteiger partial charge in [-0.3, -0.25) is 19.5 Å². The number of anilines is 1. The van der Waals surface area contributed by atoms with Gasteiger partial charge in [0, 0.05) is 0 Å². The largest absolute Gasteiger partial charge is 0.457 e. The first-order valence-electron chi connectivity index (χ1n) is 10.8. The summed E-state index contributed by atoms with van der Waals surface area (Å²) in [6.07, 6.45) is 2.44. The lowest BCUT2D eigenvalue weighted by molar-refractivity contribution is -0.119. The van der Waals surface area contributed by atoms with Crippen LogP contribution in [0.3, 0.4) is 0 Å². The van der Waals surface area contributed by atoms with Crippen LogP contribution in [0.2, 0.25) is 0 Å². The molecule has 1 atom stereocenters. The number of aryl methyl sites for hydroxylation is 2. The molecular weight excluding hydrogens is 474 g/mol. The van der Waals surface area contributed by atoms with Crippen molar-refractivity contribution in [1.82, 2.24) is 19.7 Å². The second-order valence-electron chi connectivity index (χ2n) is 7.52. The second kappa shape index (κ2) is 10.2. The van der Waals surface area contributed by atoms with Gasteiger partial charge in [-0.25, -0.2) is 9.78 Å². The van der Waals surface area contributed by atoms with Crippen molar-refractivity contribution in [3.05, 3.63) is 68.0 Å². The Kier molecular flexibility index (Phi) is 7.13. The molecule has 176 valence electrons. The molecule has 0 spiro atoms. The average molecular weight is 498 g/mol. The maximum Gasteiger partial charge on any atom is 0.349 e. The van der Waals surface area contributed by atoms with Gasteiger partial charge in [0.1, 0.15) is 27.4 Å². The number of nitrogens with one attached hydrogen (secondary N) is 1. The molecule has 3 aromatic heterocycles. The zero-order valence-corrected chi connectivity index (χ0v) is 20.5. The number of aromatic nitrogens is 4. The van der Waals surface area contributed by atoms with Crippen LogP contribution in [-0.2, 0) is 22.6 Å². The Morgan fingerprint density at radius 1 is 1.15 bits per heavy atom. The van der Waals surface area contributed by atoms with Gasteiger partial charge in [-0.1, -0.05) is 55.5 Å². The van der Waals surface area contributed by atoms with E-state index in [1.54, 1.807) is 6.92 Å². The van der Waals surface area contributed by atoms with Crippen LogP contribution in [0.25, 0.3) is 10.2 Å². The predicted molar refractivity (Wildman–Crippen MR) is 131 cm³/mol. The molecule has 0 saturated heterocycles. The van der Waals surface area contributed by atoms with Crippen molar-refractivity contribution in [2.24, 2.45) is 0 Å². The first-order chi connectivity index (χ1) is 16.4.